The van der Waals surface area contributed by atoms with Gasteiger partial charge in [0.2, 0.25) is 5.91 Å². The Morgan fingerprint density at radius 1 is 1.04 bits per heavy atom. The number of fused-ring (bicyclic) bond motifs is 1. The molecule has 0 atom stereocenters. The van der Waals surface area contributed by atoms with Gasteiger partial charge in [0.1, 0.15) is 5.82 Å². The summed E-state index contributed by atoms with van der Waals surface area (Å²) in [6, 6.07) is 11.9. The smallest absolute Gasteiger partial charge is 0.251 e. The van der Waals surface area contributed by atoms with Crippen LogP contribution in [-0.2, 0) is 17.8 Å². The Morgan fingerprint density at radius 3 is 2.46 bits per heavy atom. The number of anilines is 1. The third-order valence-electron chi connectivity index (χ3n) is 5.72. The predicted molar refractivity (Wildman–Crippen MR) is 107 cm³/mol. The molecule has 28 heavy (non-hydrogen) atoms. The maximum atomic E-state index is 13.1. The third kappa shape index (κ3) is 4.08. The highest BCUT2D eigenvalue weighted by molar-refractivity contribution is 6.03. The largest absolute Gasteiger partial charge is 0.349 e. The molecular weight excluding hydrogens is 355 g/mol. The first-order chi connectivity index (χ1) is 13.6. The SMILES string of the molecule is O=C(NC1CCCCCC1)c1ccc2c(c1)CC(=O)N2Cc1ccc(F)cc1. The lowest BCUT2D eigenvalue weighted by atomic mass is 10.1. The first kappa shape index (κ1) is 18.7. The summed E-state index contributed by atoms with van der Waals surface area (Å²) < 4.78 is 13.1. The van der Waals surface area contributed by atoms with Crippen molar-refractivity contribution in [1.29, 1.82) is 0 Å². The van der Waals surface area contributed by atoms with Gasteiger partial charge in [0.15, 0.2) is 0 Å². The van der Waals surface area contributed by atoms with Gasteiger partial charge in [-0.1, -0.05) is 37.8 Å². The Kier molecular flexibility index (Phi) is 5.42. The van der Waals surface area contributed by atoms with Crippen molar-refractivity contribution >= 4 is 17.5 Å². The summed E-state index contributed by atoms with van der Waals surface area (Å²) in [7, 11) is 0. The summed E-state index contributed by atoms with van der Waals surface area (Å²) in [5.74, 6) is -0.346. The van der Waals surface area contributed by atoms with E-state index in [0.29, 0.717) is 18.5 Å². The Morgan fingerprint density at radius 2 is 1.75 bits per heavy atom. The lowest BCUT2D eigenvalue weighted by Crippen LogP contribution is -2.34. The number of hydrogen-bond acceptors (Lipinski definition) is 2. The van der Waals surface area contributed by atoms with E-state index < -0.39 is 0 Å². The molecule has 1 aliphatic heterocycles. The first-order valence-electron chi connectivity index (χ1n) is 10.1. The van der Waals surface area contributed by atoms with Crippen LogP contribution in [0.4, 0.5) is 10.1 Å². The number of benzene rings is 2. The van der Waals surface area contributed by atoms with Gasteiger partial charge < -0.3 is 10.2 Å². The minimum atomic E-state index is -0.291. The molecule has 1 aliphatic carbocycles. The van der Waals surface area contributed by atoms with E-state index in [-0.39, 0.29) is 23.7 Å². The van der Waals surface area contributed by atoms with E-state index in [1.807, 2.05) is 12.1 Å². The topological polar surface area (TPSA) is 49.4 Å². The van der Waals surface area contributed by atoms with Crippen molar-refractivity contribution in [3.8, 4) is 0 Å². The highest BCUT2D eigenvalue weighted by Gasteiger charge is 2.28. The number of nitrogens with one attached hydrogen (secondary N) is 1. The molecule has 2 aromatic rings. The molecule has 0 spiro atoms. The second-order valence-corrected chi connectivity index (χ2v) is 7.79. The third-order valence-corrected chi connectivity index (χ3v) is 5.72. The standard InChI is InChI=1S/C23H25FN2O2/c24-19-10-7-16(8-11-19)15-26-21-12-9-17(13-18(21)14-22(26)27)23(28)25-20-5-3-1-2-4-6-20/h7-13,20H,1-6,14-15H2,(H,25,28). The second kappa shape index (κ2) is 8.13. The van der Waals surface area contributed by atoms with Crippen LogP contribution in [0.5, 0.6) is 0 Å². The van der Waals surface area contributed by atoms with Crippen LogP contribution in [0.25, 0.3) is 0 Å². The quantitative estimate of drug-likeness (QED) is 0.801. The Labute approximate surface area is 164 Å². The zero-order chi connectivity index (χ0) is 19.5. The number of rotatable bonds is 4. The normalized spacial score (nSPS) is 17.3. The van der Waals surface area contributed by atoms with Crippen LogP contribution in [0.15, 0.2) is 42.5 Å². The molecule has 1 saturated carbocycles. The zero-order valence-electron chi connectivity index (χ0n) is 15.9. The van der Waals surface area contributed by atoms with Crippen LogP contribution < -0.4 is 10.2 Å². The van der Waals surface area contributed by atoms with Gasteiger partial charge in [-0.15, -0.1) is 0 Å². The maximum Gasteiger partial charge on any atom is 0.251 e. The highest BCUT2D eigenvalue weighted by Crippen LogP contribution is 2.31. The van der Waals surface area contributed by atoms with E-state index in [1.165, 1.54) is 37.8 Å². The molecular formula is C23H25FN2O2. The van der Waals surface area contributed by atoms with E-state index in [4.69, 9.17) is 0 Å². The van der Waals surface area contributed by atoms with Gasteiger partial charge in [-0.2, -0.15) is 0 Å². The minimum absolute atomic E-state index is 0.000603. The predicted octanol–water partition coefficient (Wildman–Crippen LogP) is 4.37. The van der Waals surface area contributed by atoms with Gasteiger partial charge in [-0.25, -0.2) is 4.39 Å². The van der Waals surface area contributed by atoms with Gasteiger partial charge in [0.05, 0.1) is 13.0 Å². The van der Waals surface area contributed by atoms with Crippen molar-refractivity contribution in [3.63, 3.8) is 0 Å². The van der Waals surface area contributed by atoms with Crippen molar-refractivity contribution in [1.82, 2.24) is 5.32 Å². The van der Waals surface area contributed by atoms with Crippen molar-refractivity contribution < 1.29 is 14.0 Å². The molecule has 1 N–H and O–H groups in total. The summed E-state index contributed by atoms with van der Waals surface area (Å²) in [6.45, 7) is 0.403. The van der Waals surface area contributed by atoms with E-state index in [1.54, 1.807) is 23.1 Å². The van der Waals surface area contributed by atoms with Crippen molar-refractivity contribution in [2.75, 3.05) is 4.90 Å². The fraction of sp³-hybridized carbons (Fsp3) is 0.391. The van der Waals surface area contributed by atoms with Gasteiger partial charge >= 0.3 is 0 Å². The van der Waals surface area contributed by atoms with Gasteiger partial charge in [-0.3, -0.25) is 9.59 Å². The summed E-state index contributed by atoms with van der Waals surface area (Å²) in [4.78, 5) is 26.9. The lowest BCUT2D eigenvalue weighted by molar-refractivity contribution is -0.117. The van der Waals surface area contributed by atoms with E-state index in [9.17, 15) is 14.0 Å². The van der Waals surface area contributed by atoms with Crippen LogP contribution in [-0.4, -0.2) is 17.9 Å². The molecule has 146 valence electrons. The van der Waals surface area contributed by atoms with Crippen molar-refractivity contribution in [2.24, 2.45) is 0 Å². The average molecular weight is 380 g/mol. The molecule has 1 heterocycles. The molecule has 0 unspecified atom stereocenters. The average Bonchev–Trinajstić information content (AvgIpc) is 2.85. The Bertz CT molecular complexity index is 871. The van der Waals surface area contributed by atoms with Crippen LogP contribution in [0, 0.1) is 5.82 Å². The minimum Gasteiger partial charge on any atom is -0.349 e. The van der Waals surface area contributed by atoms with Crippen molar-refractivity contribution in [2.45, 2.75) is 57.5 Å². The Balaban J connectivity index is 1.47. The van der Waals surface area contributed by atoms with Crippen LogP contribution in [0.1, 0.15) is 60.0 Å². The number of hydrogen-bond donors (Lipinski definition) is 1. The molecule has 0 aromatic heterocycles. The summed E-state index contributed by atoms with van der Waals surface area (Å²) in [5.41, 5.74) is 3.19. The molecule has 0 saturated heterocycles. The van der Waals surface area contributed by atoms with Gasteiger partial charge in [-0.05, 0) is 54.3 Å². The van der Waals surface area contributed by atoms with E-state index >= 15 is 0 Å². The van der Waals surface area contributed by atoms with Gasteiger partial charge in [0, 0.05) is 17.3 Å². The van der Waals surface area contributed by atoms with Gasteiger partial charge in [0.25, 0.3) is 5.91 Å². The van der Waals surface area contributed by atoms with Crippen LogP contribution in [0.2, 0.25) is 0 Å². The maximum absolute atomic E-state index is 13.1. The molecule has 5 heteroatoms. The summed E-state index contributed by atoms with van der Waals surface area (Å²) in [6.07, 6.45) is 7.21. The molecule has 0 radical (unpaired) electrons. The molecule has 1 fully saturated rings. The van der Waals surface area contributed by atoms with Crippen molar-refractivity contribution in [3.05, 3.63) is 65.0 Å². The second-order valence-electron chi connectivity index (χ2n) is 7.79. The molecule has 0 bridgehead atoms. The molecule has 2 aromatic carbocycles. The highest BCUT2D eigenvalue weighted by atomic mass is 19.1. The zero-order valence-corrected chi connectivity index (χ0v) is 15.9. The summed E-state index contributed by atoms with van der Waals surface area (Å²) in [5, 5.41) is 3.16. The Hall–Kier alpha value is -2.69. The molecule has 4 nitrogen and oxygen atoms in total. The number of carbonyl (C=O) groups is 2. The number of amides is 2. The van der Waals surface area contributed by atoms with E-state index in [0.717, 1.165) is 29.7 Å². The number of nitrogens with zero attached hydrogens (tertiary/aromatic N) is 1. The van der Waals surface area contributed by atoms with Crippen LogP contribution in [0.3, 0.4) is 0 Å². The van der Waals surface area contributed by atoms with Crippen LogP contribution >= 0.6 is 0 Å². The number of halogens is 1. The summed E-state index contributed by atoms with van der Waals surface area (Å²) >= 11 is 0. The first-order valence-corrected chi connectivity index (χ1v) is 10.1. The fourth-order valence-electron chi connectivity index (χ4n) is 4.16. The van der Waals surface area contributed by atoms with E-state index in [2.05, 4.69) is 5.32 Å². The fourth-order valence-corrected chi connectivity index (χ4v) is 4.16. The lowest BCUT2D eigenvalue weighted by Gasteiger charge is -2.19. The number of carbonyl (C=O) groups excluding carboxylic acids is 2. The monoisotopic (exact) mass is 380 g/mol. The molecule has 2 aliphatic rings. The molecule has 2 amide bonds. The molecule has 4 rings (SSSR count).